The minimum Gasteiger partial charge on any atom is -0.496 e. The Balaban J connectivity index is 1.41. The van der Waals surface area contributed by atoms with Crippen LogP contribution in [0.3, 0.4) is 0 Å². The summed E-state index contributed by atoms with van der Waals surface area (Å²) in [5, 5.41) is 6.40. The Labute approximate surface area is 165 Å². The molecule has 6 nitrogen and oxygen atoms in total. The fourth-order valence-electron chi connectivity index (χ4n) is 3.76. The summed E-state index contributed by atoms with van der Waals surface area (Å²) in [4.78, 5) is 12.6. The number of ether oxygens (including phenoxy) is 3. The molecule has 0 spiro atoms. The molecule has 2 aliphatic rings. The molecule has 0 aliphatic carbocycles. The van der Waals surface area contributed by atoms with Crippen molar-refractivity contribution >= 4 is 5.91 Å². The molecule has 2 aliphatic heterocycles. The highest BCUT2D eigenvalue weighted by molar-refractivity contribution is 5.94. The van der Waals surface area contributed by atoms with Crippen LogP contribution in [0.1, 0.15) is 40.2 Å². The average molecular weight is 382 g/mol. The number of methoxy groups -OCH3 is 1. The molecule has 28 heavy (non-hydrogen) atoms. The van der Waals surface area contributed by atoms with Crippen molar-refractivity contribution in [1.29, 1.82) is 0 Å². The number of piperidine rings is 1. The van der Waals surface area contributed by atoms with Crippen LogP contribution < -0.4 is 24.8 Å². The number of carbonyl (C=O) groups excluding carboxylic acids is 1. The van der Waals surface area contributed by atoms with Gasteiger partial charge in [0.05, 0.1) is 7.11 Å². The first-order valence-corrected chi connectivity index (χ1v) is 9.80. The van der Waals surface area contributed by atoms with Gasteiger partial charge in [0.25, 0.3) is 5.91 Å². The van der Waals surface area contributed by atoms with Crippen molar-refractivity contribution in [2.24, 2.45) is 0 Å². The number of rotatable bonds is 5. The van der Waals surface area contributed by atoms with E-state index in [1.165, 1.54) is 18.4 Å². The van der Waals surface area contributed by atoms with Crippen molar-refractivity contribution in [3.05, 3.63) is 53.1 Å². The molecule has 1 saturated heterocycles. The van der Waals surface area contributed by atoms with Crippen LogP contribution in [-0.2, 0) is 6.54 Å². The van der Waals surface area contributed by atoms with E-state index >= 15 is 0 Å². The predicted molar refractivity (Wildman–Crippen MR) is 106 cm³/mol. The second-order valence-corrected chi connectivity index (χ2v) is 7.16. The van der Waals surface area contributed by atoms with Crippen LogP contribution in [0.4, 0.5) is 0 Å². The van der Waals surface area contributed by atoms with Crippen LogP contribution in [0.5, 0.6) is 17.2 Å². The molecule has 2 aromatic carbocycles. The zero-order valence-corrected chi connectivity index (χ0v) is 16.1. The van der Waals surface area contributed by atoms with Gasteiger partial charge in [0.2, 0.25) is 0 Å². The second kappa shape index (κ2) is 8.52. The summed E-state index contributed by atoms with van der Waals surface area (Å²) in [6.45, 7) is 3.51. The Kier molecular flexibility index (Phi) is 5.67. The molecule has 6 heteroatoms. The highest BCUT2D eigenvalue weighted by Gasteiger charge is 2.18. The predicted octanol–water partition coefficient (Wildman–Crippen LogP) is 2.86. The van der Waals surface area contributed by atoms with Gasteiger partial charge in [0, 0.05) is 30.3 Å². The van der Waals surface area contributed by atoms with Crippen LogP contribution in [0.25, 0.3) is 0 Å². The van der Waals surface area contributed by atoms with Crippen molar-refractivity contribution in [3.8, 4) is 17.2 Å². The number of amides is 1. The molecule has 4 rings (SSSR count). The molecular formula is C22H26N2O4. The van der Waals surface area contributed by atoms with Crippen LogP contribution in [0.2, 0.25) is 0 Å². The van der Waals surface area contributed by atoms with Gasteiger partial charge < -0.3 is 24.8 Å². The third-order valence-corrected chi connectivity index (χ3v) is 5.33. The van der Waals surface area contributed by atoms with Gasteiger partial charge in [0.15, 0.2) is 11.5 Å². The van der Waals surface area contributed by atoms with E-state index < -0.39 is 0 Å². The molecule has 0 aromatic heterocycles. The minimum atomic E-state index is -0.106. The van der Waals surface area contributed by atoms with Gasteiger partial charge >= 0.3 is 0 Å². The van der Waals surface area contributed by atoms with E-state index in [9.17, 15) is 4.79 Å². The molecule has 148 valence electrons. The molecule has 1 atom stereocenters. The first-order chi connectivity index (χ1) is 13.7. The molecule has 0 saturated carbocycles. The number of hydrogen-bond acceptors (Lipinski definition) is 5. The van der Waals surface area contributed by atoms with Gasteiger partial charge in [-0.15, -0.1) is 0 Å². The molecule has 0 bridgehead atoms. The zero-order valence-electron chi connectivity index (χ0n) is 16.1. The maximum atomic E-state index is 12.6. The normalized spacial score (nSPS) is 18.4. The Morgan fingerprint density at radius 2 is 1.93 bits per heavy atom. The van der Waals surface area contributed by atoms with Crippen molar-refractivity contribution in [2.45, 2.75) is 25.3 Å². The molecule has 2 heterocycles. The molecule has 1 fully saturated rings. The lowest BCUT2D eigenvalue weighted by atomic mass is 9.91. The summed E-state index contributed by atoms with van der Waals surface area (Å²) in [5.41, 5.74) is 2.80. The van der Waals surface area contributed by atoms with Crippen LogP contribution in [0, 0.1) is 0 Å². The first kappa shape index (κ1) is 18.6. The fraction of sp³-hybridized carbons (Fsp3) is 0.409. The third-order valence-electron chi connectivity index (χ3n) is 5.33. The molecule has 0 radical (unpaired) electrons. The summed E-state index contributed by atoms with van der Waals surface area (Å²) in [5.74, 6) is 2.45. The lowest BCUT2D eigenvalue weighted by Crippen LogP contribution is -2.28. The van der Waals surface area contributed by atoms with E-state index in [2.05, 4.69) is 22.8 Å². The van der Waals surface area contributed by atoms with Gasteiger partial charge in [-0.05, 0) is 49.1 Å². The summed E-state index contributed by atoms with van der Waals surface area (Å²) in [6.07, 6.45) is 2.40. The van der Waals surface area contributed by atoms with E-state index in [1.54, 1.807) is 7.11 Å². The van der Waals surface area contributed by atoms with Crippen LogP contribution in [-0.4, -0.2) is 39.3 Å². The number of hydrogen-bond donors (Lipinski definition) is 2. The van der Waals surface area contributed by atoms with E-state index in [4.69, 9.17) is 14.2 Å². The van der Waals surface area contributed by atoms with Crippen molar-refractivity contribution in [1.82, 2.24) is 10.6 Å². The van der Waals surface area contributed by atoms with Crippen molar-refractivity contribution < 1.29 is 19.0 Å². The van der Waals surface area contributed by atoms with Gasteiger partial charge in [-0.3, -0.25) is 4.79 Å². The summed E-state index contributed by atoms with van der Waals surface area (Å²) < 4.78 is 16.6. The number of benzene rings is 2. The maximum Gasteiger partial charge on any atom is 0.251 e. The maximum absolute atomic E-state index is 12.6. The topological polar surface area (TPSA) is 68.8 Å². The van der Waals surface area contributed by atoms with E-state index in [0.29, 0.717) is 48.5 Å². The van der Waals surface area contributed by atoms with Crippen LogP contribution >= 0.6 is 0 Å². The number of carbonyl (C=O) groups is 1. The first-order valence-electron chi connectivity index (χ1n) is 9.80. The largest absolute Gasteiger partial charge is 0.496 e. The molecule has 2 aromatic rings. The van der Waals surface area contributed by atoms with Gasteiger partial charge in [-0.2, -0.15) is 0 Å². The standard InChI is InChI=1S/C22H26N2O4/c1-26-19-12-21-20(27-9-10-28-21)11-18(19)14-24-22(25)16-6-4-15(5-7-16)17-3-2-8-23-13-17/h4-7,11-12,17,23H,2-3,8-10,13-14H2,1H3,(H,24,25)/t17-/m1/s1. The van der Waals surface area contributed by atoms with Crippen molar-refractivity contribution in [2.75, 3.05) is 33.4 Å². The monoisotopic (exact) mass is 382 g/mol. The smallest absolute Gasteiger partial charge is 0.251 e. The molecule has 0 unspecified atom stereocenters. The highest BCUT2D eigenvalue weighted by Crippen LogP contribution is 2.36. The molecular weight excluding hydrogens is 356 g/mol. The lowest BCUT2D eigenvalue weighted by molar-refractivity contribution is 0.0950. The van der Waals surface area contributed by atoms with E-state index in [-0.39, 0.29) is 5.91 Å². The van der Waals surface area contributed by atoms with Gasteiger partial charge in [0.1, 0.15) is 19.0 Å². The summed E-state index contributed by atoms with van der Waals surface area (Å²) >= 11 is 0. The number of fused-ring (bicyclic) bond motifs is 1. The van der Waals surface area contributed by atoms with Gasteiger partial charge in [-0.1, -0.05) is 12.1 Å². The Morgan fingerprint density at radius 1 is 1.18 bits per heavy atom. The van der Waals surface area contributed by atoms with Crippen molar-refractivity contribution in [3.63, 3.8) is 0 Å². The van der Waals surface area contributed by atoms with E-state index in [0.717, 1.165) is 18.7 Å². The summed E-state index contributed by atoms with van der Waals surface area (Å²) in [6, 6.07) is 11.6. The Hall–Kier alpha value is -2.73. The summed E-state index contributed by atoms with van der Waals surface area (Å²) in [7, 11) is 1.61. The Bertz CT molecular complexity index is 829. The second-order valence-electron chi connectivity index (χ2n) is 7.16. The zero-order chi connectivity index (χ0) is 19.3. The molecule has 2 N–H and O–H groups in total. The highest BCUT2D eigenvalue weighted by atomic mass is 16.6. The van der Waals surface area contributed by atoms with Gasteiger partial charge in [-0.25, -0.2) is 0 Å². The van der Waals surface area contributed by atoms with E-state index in [1.807, 2.05) is 24.3 Å². The average Bonchev–Trinajstić information content (AvgIpc) is 2.77. The van der Waals surface area contributed by atoms with Crippen LogP contribution in [0.15, 0.2) is 36.4 Å². The molecule has 1 amide bonds. The quantitative estimate of drug-likeness (QED) is 0.832. The third kappa shape index (κ3) is 4.07. The fourth-order valence-corrected chi connectivity index (χ4v) is 3.76. The Morgan fingerprint density at radius 3 is 2.61 bits per heavy atom. The lowest BCUT2D eigenvalue weighted by Gasteiger charge is -2.23. The minimum absolute atomic E-state index is 0.106. The number of nitrogens with one attached hydrogen (secondary N) is 2. The SMILES string of the molecule is COc1cc2c(cc1CNC(=O)c1ccc([C@@H]3CCCNC3)cc1)OCCO2.